The van der Waals surface area contributed by atoms with Crippen LogP contribution < -0.4 is 0 Å². The molecule has 0 aromatic heterocycles. The third kappa shape index (κ3) is 1.74. The summed E-state index contributed by atoms with van der Waals surface area (Å²) < 4.78 is 0. The third-order valence-corrected chi connectivity index (χ3v) is 1.91. The molecule has 1 rings (SSSR count). The summed E-state index contributed by atoms with van der Waals surface area (Å²) in [5.41, 5.74) is 1.85. The van der Waals surface area contributed by atoms with Crippen LogP contribution in [0.25, 0.3) is 0 Å². The summed E-state index contributed by atoms with van der Waals surface area (Å²) in [6.45, 7) is 1.82. The lowest BCUT2D eigenvalue weighted by Crippen LogP contribution is -1.93. The van der Waals surface area contributed by atoms with Crippen LogP contribution in [0.5, 0.6) is 0 Å². The van der Waals surface area contributed by atoms with Crippen molar-refractivity contribution in [2.24, 2.45) is 0 Å². The quantitative estimate of drug-likeness (QED) is 0.557. The summed E-state index contributed by atoms with van der Waals surface area (Å²) in [6, 6.07) is 4.92. The van der Waals surface area contributed by atoms with E-state index >= 15 is 0 Å². The van der Waals surface area contributed by atoms with Crippen LogP contribution in [-0.4, -0.2) is 11.4 Å². The summed E-state index contributed by atoms with van der Waals surface area (Å²) in [4.78, 5) is 21.2. The Hall–Kier alpha value is -1.09. The molecule has 0 saturated heterocycles. The lowest BCUT2D eigenvalue weighted by Gasteiger charge is -1.99. The van der Waals surface area contributed by atoms with Crippen LogP contribution in [0.15, 0.2) is 18.2 Å². The molecular weight excluding hydrogens is 172 g/mol. The number of hydrogen-bond donors (Lipinski definition) is 1. The van der Waals surface area contributed by atoms with Crippen molar-refractivity contribution in [2.75, 3.05) is 0 Å². The first-order chi connectivity index (χ1) is 5.65. The Morgan fingerprint density at radius 2 is 2.17 bits per heavy atom. The van der Waals surface area contributed by atoms with Crippen LogP contribution in [0, 0.1) is 6.92 Å². The van der Waals surface area contributed by atoms with Crippen LogP contribution in [0.1, 0.15) is 26.3 Å². The van der Waals surface area contributed by atoms with E-state index in [0.29, 0.717) is 11.1 Å². The Balaban J connectivity index is 3.22. The highest BCUT2D eigenvalue weighted by Crippen LogP contribution is 2.10. The van der Waals surface area contributed by atoms with Crippen molar-refractivity contribution in [3.8, 4) is 0 Å². The highest BCUT2D eigenvalue weighted by molar-refractivity contribution is 7.97. The van der Waals surface area contributed by atoms with Crippen molar-refractivity contribution in [3.05, 3.63) is 34.9 Å². The predicted octanol–water partition coefficient (Wildman–Crippen LogP) is 1.88. The Morgan fingerprint density at radius 3 is 2.67 bits per heavy atom. The van der Waals surface area contributed by atoms with Gasteiger partial charge in [0.15, 0.2) is 0 Å². The van der Waals surface area contributed by atoms with Crippen LogP contribution in [0.3, 0.4) is 0 Å². The Labute approximate surface area is 76.0 Å². The van der Waals surface area contributed by atoms with Gasteiger partial charge >= 0.3 is 0 Å². The average molecular weight is 180 g/mol. The van der Waals surface area contributed by atoms with E-state index < -0.39 is 0 Å². The SMILES string of the molecule is Cc1ccc(C(=O)S)cc1C=O. The van der Waals surface area contributed by atoms with Gasteiger partial charge in [-0.05, 0) is 18.6 Å². The molecule has 12 heavy (non-hydrogen) atoms. The minimum atomic E-state index is -0.321. The number of carbonyl (C=O) groups excluding carboxylic acids is 2. The summed E-state index contributed by atoms with van der Waals surface area (Å²) in [5.74, 6) is 0. The van der Waals surface area contributed by atoms with Gasteiger partial charge in [-0.2, -0.15) is 0 Å². The first kappa shape index (κ1) is 9.00. The normalized spacial score (nSPS) is 9.50. The molecule has 0 bridgehead atoms. The molecule has 0 spiro atoms. The monoisotopic (exact) mass is 180 g/mol. The van der Waals surface area contributed by atoms with Gasteiger partial charge in [0.1, 0.15) is 6.29 Å². The molecule has 0 aliphatic heterocycles. The second-order valence-electron chi connectivity index (χ2n) is 2.49. The maximum Gasteiger partial charge on any atom is 0.216 e. The number of thiol groups is 1. The number of rotatable bonds is 2. The zero-order valence-corrected chi connectivity index (χ0v) is 7.47. The van der Waals surface area contributed by atoms with Crippen molar-refractivity contribution in [1.82, 2.24) is 0 Å². The number of benzene rings is 1. The van der Waals surface area contributed by atoms with E-state index in [9.17, 15) is 9.59 Å². The van der Waals surface area contributed by atoms with E-state index in [0.717, 1.165) is 11.8 Å². The van der Waals surface area contributed by atoms with Gasteiger partial charge in [-0.25, -0.2) is 0 Å². The maximum atomic E-state index is 10.8. The molecule has 0 radical (unpaired) electrons. The van der Waals surface area contributed by atoms with E-state index in [1.807, 2.05) is 6.92 Å². The van der Waals surface area contributed by atoms with Gasteiger partial charge in [0.25, 0.3) is 0 Å². The van der Waals surface area contributed by atoms with E-state index in [2.05, 4.69) is 12.6 Å². The number of aryl methyl sites for hydroxylation is 1. The van der Waals surface area contributed by atoms with E-state index in [1.54, 1.807) is 12.1 Å². The fourth-order valence-corrected chi connectivity index (χ4v) is 1.04. The van der Waals surface area contributed by atoms with E-state index in [4.69, 9.17) is 0 Å². The van der Waals surface area contributed by atoms with E-state index in [-0.39, 0.29) is 5.12 Å². The minimum absolute atomic E-state index is 0.321. The molecule has 0 amide bonds. The largest absolute Gasteiger partial charge is 0.298 e. The highest BCUT2D eigenvalue weighted by atomic mass is 32.1. The molecule has 0 saturated carbocycles. The number of carbonyl (C=O) groups is 2. The molecule has 0 heterocycles. The number of hydrogen-bond acceptors (Lipinski definition) is 2. The zero-order valence-electron chi connectivity index (χ0n) is 6.57. The van der Waals surface area contributed by atoms with Gasteiger partial charge in [0.05, 0.1) is 0 Å². The molecule has 0 fully saturated rings. The molecule has 2 nitrogen and oxygen atoms in total. The molecular formula is C9H8O2S. The van der Waals surface area contributed by atoms with Crippen LogP contribution in [0.4, 0.5) is 0 Å². The molecule has 0 unspecified atom stereocenters. The first-order valence-corrected chi connectivity index (χ1v) is 3.89. The topological polar surface area (TPSA) is 34.1 Å². The summed E-state index contributed by atoms with van der Waals surface area (Å²) in [6.07, 6.45) is 0.732. The van der Waals surface area contributed by atoms with Crippen molar-refractivity contribution >= 4 is 24.0 Å². The Kier molecular flexibility index (Phi) is 2.65. The average Bonchev–Trinajstić information content (AvgIpc) is 2.05. The van der Waals surface area contributed by atoms with Crippen molar-refractivity contribution in [3.63, 3.8) is 0 Å². The lowest BCUT2D eigenvalue weighted by molar-refractivity contribution is 0.109. The minimum Gasteiger partial charge on any atom is -0.298 e. The Morgan fingerprint density at radius 1 is 1.50 bits per heavy atom. The molecule has 3 heteroatoms. The van der Waals surface area contributed by atoms with Gasteiger partial charge in [-0.3, -0.25) is 9.59 Å². The van der Waals surface area contributed by atoms with Gasteiger partial charge in [-0.15, -0.1) is 12.6 Å². The fourth-order valence-electron chi connectivity index (χ4n) is 0.900. The van der Waals surface area contributed by atoms with Gasteiger partial charge in [0.2, 0.25) is 5.12 Å². The summed E-state index contributed by atoms with van der Waals surface area (Å²) >= 11 is 3.65. The van der Waals surface area contributed by atoms with Gasteiger partial charge in [-0.1, -0.05) is 12.1 Å². The zero-order chi connectivity index (χ0) is 9.14. The van der Waals surface area contributed by atoms with Gasteiger partial charge in [0, 0.05) is 11.1 Å². The number of aldehydes is 1. The summed E-state index contributed by atoms with van der Waals surface area (Å²) in [5, 5.41) is -0.321. The predicted molar refractivity (Wildman–Crippen MR) is 49.9 cm³/mol. The fraction of sp³-hybridized carbons (Fsp3) is 0.111. The van der Waals surface area contributed by atoms with E-state index in [1.165, 1.54) is 6.07 Å². The molecule has 0 atom stereocenters. The van der Waals surface area contributed by atoms with Gasteiger partial charge < -0.3 is 0 Å². The lowest BCUT2D eigenvalue weighted by atomic mass is 10.1. The van der Waals surface area contributed by atoms with Crippen LogP contribution in [0.2, 0.25) is 0 Å². The van der Waals surface area contributed by atoms with Crippen molar-refractivity contribution < 1.29 is 9.59 Å². The summed E-state index contributed by atoms with van der Waals surface area (Å²) in [7, 11) is 0. The molecule has 0 aliphatic rings. The maximum absolute atomic E-state index is 10.8. The highest BCUT2D eigenvalue weighted by Gasteiger charge is 2.02. The van der Waals surface area contributed by atoms with Crippen LogP contribution in [-0.2, 0) is 0 Å². The second-order valence-corrected chi connectivity index (χ2v) is 2.90. The third-order valence-electron chi connectivity index (χ3n) is 1.65. The molecule has 1 aromatic rings. The van der Waals surface area contributed by atoms with Crippen molar-refractivity contribution in [1.29, 1.82) is 0 Å². The Bertz CT molecular complexity index is 331. The second kappa shape index (κ2) is 3.54. The van der Waals surface area contributed by atoms with Crippen LogP contribution >= 0.6 is 12.6 Å². The standard InChI is InChI=1S/C9H8O2S/c1-6-2-3-7(9(11)12)4-8(6)5-10/h2-5H,1H3,(H,11,12). The van der Waals surface area contributed by atoms with Crippen molar-refractivity contribution in [2.45, 2.75) is 6.92 Å². The smallest absolute Gasteiger partial charge is 0.216 e. The molecule has 1 aromatic carbocycles. The molecule has 0 aliphatic carbocycles. The molecule has 62 valence electrons. The first-order valence-electron chi connectivity index (χ1n) is 3.44. The molecule has 0 N–H and O–H groups in total.